The van der Waals surface area contributed by atoms with Gasteiger partial charge < -0.3 is 15.2 Å². The molecule has 0 saturated carbocycles. The summed E-state index contributed by atoms with van der Waals surface area (Å²) in [6.07, 6.45) is 2.49. The number of rotatable bonds is 8. The van der Waals surface area contributed by atoms with E-state index in [4.69, 9.17) is 15.2 Å². The van der Waals surface area contributed by atoms with Crippen molar-refractivity contribution in [3.63, 3.8) is 0 Å². The number of hydrazone groups is 1. The molecule has 132 valence electrons. The van der Waals surface area contributed by atoms with Crippen molar-refractivity contribution in [2.45, 2.75) is 20.3 Å². The Balaban J connectivity index is 1.77. The van der Waals surface area contributed by atoms with Gasteiger partial charge in [0.2, 0.25) is 0 Å². The average Bonchev–Trinajstić information content (AvgIpc) is 2.59. The Morgan fingerprint density at radius 1 is 1.12 bits per heavy atom. The number of nitrogens with two attached hydrogens (primary N) is 1. The van der Waals surface area contributed by atoms with E-state index in [1.54, 1.807) is 0 Å². The SMILES string of the molecule is CCc1cc(C)cc(OCCOc2ccc(/C=N\NC(N)=O)cc2)c1. The van der Waals surface area contributed by atoms with Crippen LogP contribution in [0.15, 0.2) is 47.6 Å². The molecular formula is C19H23N3O3. The largest absolute Gasteiger partial charge is 0.490 e. The van der Waals surface area contributed by atoms with Gasteiger partial charge in [-0.25, -0.2) is 10.2 Å². The molecule has 0 atom stereocenters. The van der Waals surface area contributed by atoms with E-state index in [1.807, 2.05) is 30.3 Å². The maximum Gasteiger partial charge on any atom is 0.332 e. The maximum absolute atomic E-state index is 10.5. The molecule has 2 amide bonds. The Hall–Kier alpha value is -3.02. The number of hydrogen-bond acceptors (Lipinski definition) is 4. The van der Waals surface area contributed by atoms with Gasteiger partial charge in [0.1, 0.15) is 24.7 Å². The zero-order valence-corrected chi connectivity index (χ0v) is 14.5. The lowest BCUT2D eigenvalue weighted by Crippen LogP contribution is -2.24. The molecule has 0 aliphatic heterocycles. The van der Waals surface area contributed by atoms with Crippen LogP contribution in [0.1, 0.15) is 23.6 Å². The maximum atomic E-state index is 10.5. The van der Waals surface area contributed by atoms with Crippen molar-refractivity contribution in [2.24, 2.45) is 10.8 Å². The molecule has 0 aliphatic carbocycles. The van der Waals surface area contributed by atoms with Crippen LogP contribution in [0.5, 0.6) is 11.5 Å². The number of benzene rings is 2. The number of aryl methyl sites for hydroxylation is 2. The Morgan fingerprint density at radius 3 is 2.44 bits per heavy atom. The van der Waals surface area contributed by atoms with Crippen molar-refractivity contribution >= 4 is 12.2 Å². The molecule has 0 radical (unpaired) electrons. The molecule has 0 aromatic heterocycles. The molecular weight excluding hydrogens is 318 g/mol. The van der Waals surface area contributed by atoms with Crippen LogP contribution in [-0.4, -0.2) is 25.5 Å². The Morgan fingerprint density at radius 2 is 1.80 bits per heavy atom. The van der Waals surface area contributed by atoms with Gasteiger partial charge in [0.25, 0.3) is 0 Å². The van der Waals surface area contributed by atoms with E-state index in [2.05, 4.69) is 36.5 Å². The lowest BCUT2D eigenvalue weighted by molar-refractivity contribution is 0.217. The summed E-state index contributed by atoms with van der Waals surface area (Å²) in [6.45, 7) is 5.11. The molecule has 0 fully saturated rings. The minimum absolute atomic E-state index is 0.450. The quantitative estimate of drug-likeness (QED) is 0.440. The highest BCUT2D eigenvalue weighted by atomic mass is 16.5. The first-order chi connectivity index (χ1) is 12.1. The number of ether oxygens (including phenoxy) is 2. The topological polar surface area (TPSA) is 85.9 Å². The normalized spacial score (nSPS) is 10.6. The Bertz CT molecular complexity index is 727. The fourth-order valence-electron chi connectivity index (χ4n) is 2.25. The molecule has 0 bridgehead atoms. The first-order valence-corrected chi connectivity index (χ1v) is 8.11. The monoisotopic (exact) mass is 341 g/mol. The number of nitrogens with zero attached hydrogens (tertiary/aromatic N) is 1. The van der Waals surface area contributed by atoms with Crippen LogP contribution in [0.25, 0.3) is 0 Å². The average molecular weight is 341 g/mol. The van der Waals surface area contributed by atoms with E-state index >= 15 is 0 Å². The molecule has 0 unspecified atom stereocenters. The van der Waals surface area contributed by atoms with Crippen LogP contribution in [0.2, 0.25) is 0 Å². The van der Waals surface area contributed by atoms with Crippen LogP contribution in [0, 0.1) is 6.92 Å². The minimum Gasteiger partial charge on any atom is -0.490 e. The van der Waals surface area contributed by atoms with Gasteiger partial charge in [0, 0.05) is 0 Å². The van der Waals surface area contributed by atoms with E-state index in [0.29, 0.717) is 13.2 Å². The van der Waals surface area contributed by atoms with Crippen LogP contribution in [0.4, 0.5) is 4.79 Å². The predicted molar refractivity (Wildman–Crippen MR) is 98.3 cm³/mol. The lowest BCUT2D eigenvalue weighted by Gasteiger charge is -2.10. The highest BCUT2D eigenvalue weighted by Crippen LogP contribution is 2.17. The molecule has 0 saturated heterocycles. The zero-order valence-electron chi connectivity index (χ0n) is 14.5. The number of hydrogen-bond donors (Lipinski definition) is 2. The fraction of sp³-hybridized carbons (Fsp3) is 0.263. The Labute approximate surface area is 147 Å². The Kier molecular flexibility index (Phi) is 6.83. The second-order valence-corrected chi connectivity index (χ2v) is 5.51. The van der Waals surface area contributed by atoms with Gasteiger partial charge in [-0.2, -0.15) is 5.10 Å². The molecule has 2 rings (SSSR count). The predicted octanol–water partition coefficient (Wildman–Crippen LogP) is 3.02. The summed E-state index contributed by atoms with van der Waals surface area (Å²) in [4.78, 5) is 10.5. The van der Waals surface area contributed by atoms with Gasteiger partial charge in [-0.15, -0.1) is 0 Å². The molecule has 2 aromatic carbocycles. The van der Waals surface area contributed by atoms with Gasteiger partial charge in [0.05, 0.1) is 6.21 Å². The highest BCUT2D eigenvalue weighted by molar-refractivity contribution is 5.81. The third-order valence-electron chi connectivity index (χ3n) is 3.41. The highest BCUT2D eigenvalue weighted by Gasteiger charge is 2.00. The van der Waals surface area contributed by atoms with Crippen LogP contribution >= 0.6 is 0 Å². The number of urea groups is 1. The summed E-state index contributed by atoms with van der Waals surface area (Å²) in [7, 11) is 0. The van der Waals surface area contributed by atoms with Crippen molar-refractivity contribution < 1.29 is 14.3 Å². The molecule has 0 heterocycles. The number of primary amides is 1. The van der Waals surface area contributed by atoms with Crippen LogP contribution < -0.4 is 20.6 Å². The lowest BCUT2D eigenvalue weighted by atomic mass is 10.1. The van der Waals surface area contributed by atoms with Gasteiger partial charge in [-0.05, 0) is 66.4 Å². The van der Waals surface area contributed by atoms with Gasteiger partial charge in [-0.3, -0.25) is 0 Å². The molecule has 25 heavy (non-hydrogen) atoms. The molecule has 6 nitrogen and oxygen atoms in total. The van der Waals surface area contributed by atoms with E-state index in [0.717, 1.165) is 23.5 Å². The van der Waals surface area contributed by atoms with Crippen molar-refractivity contribution in [3.05, 3.63) is 59.2 Å². The van der Waals surface area contributed by atoms with Crippen molar-refractivity contribution in [3.8, 4) is 11.5 Å². The number of carbonyl (C=O) groups excluding carboxylic acids is 1. The van der Waals surface area contributed by atoms with Crippen LogP contribution in [-0.2, 0) is 6.42 Å². The molecule has 0 aliphatic rings. The summed E-state index contributed by atoms with van der Waals surface area (Å²) in [6, 6.07) is 12.9. The number of nitrogens with one attached hydrogen (secondary N) is 1. The standard InChI is InChI=1S/C19H23N3O3/c1-3-15-10-14(2)11-18(12-15)25-9-8-24-17-6-4-16(5-7-17)13-21-22-19(20)23/h4-7,10-13H,3,8-9H2,1-2H3,(H3,20,22,23)/b21-13-. The fourth-order valence-corrected chi connectivity index (χ4v) is 2.25. The minimum atomic E-state index is -0.698. The molecule has 3 N–H and O–H groups in total. The summed E-state index contributed by atoms with van der Waals surface area (Å²) in [5.41, 5.74) is 10.3. The van der Waals surface area contributed by atoms with E-state index in [1.165, 1.54) is 17.3 Å². The van der Waals surface area contributed by atoms with E-state index in [-0.39, 0.29) is 0 Å². The first-order valence-electron chi connectivity index (χ1n) is 8.11. The van der Waals surface area contributed by atoms with E-state index in [9.17, 15) is 4.79 Å². The van der Waals surface area contributed by atoms with Gasteiger partial charge in [0.15, 0.2) is 0 Å². The third kappa shape index (κ3) is 6.55. The van der Waals surface area contributed by atoms with Gasteiger partial charge in [-0.1, -0.05) is 13.0 Å². The summed E-state index contributed by atoms with van der Waals surface area (Å²) < 4.78 is 11.4. The van der Waals surface area contributed by atoms with Crippen molar-refractivity contribution in [2.75, 3.05) is 13.2 Å². The molecule has 0 spiro atoms. The second kappa shape index (κ2) is 9.32. The first kappa shape index (κ1) is 18.3. The van der Waals surface area contributed by atoms with Gasteiger partial charge >= 0.3 is 6.03 Å². The molecule has 6 heteroatoms. The smallest absolute Gasteiger partial charge is 0.332 e. The summed E-state index contributed by atoms with van der Waals surface area (Å²) >= 11 is 0. The van der Waals surface area contributed by atoms with Crippen molar-refractivity contribution in [1.29, 1.82) is 0 Å². The van der Waals surface area contributed by atoms with Crippen LogP contribution in [0.3, 0.4) is 0 Å². The molecule has 2 aromatic rings. The third-order valence-corrected chi connectivity index (χ3v) is 3.41. The second-order valence-electron chi connectivity index (χ2n) is 5.51. The zero-order chi connectivity index (χ0) is 18.1. The number of amides is 2. The summed E-state index contributed by atoms with van der Waals surface area (Å²) in [5.74, 6) is 1.61. The summed E-state index contributed by atoms with van der Waals surface area (Å²) in [5, 5.41) is 3.69. The van der Waals surface area contributed by atoms with Crippen molar-refractivity contribution in [1.82, 2.24) is 5.43 Å². The number of carbonyl (C=O) groups is 1. The van der Waals surface area contributed by atoms with E-state index < -0.39 is 6.03 Å².